The first kappa shape index (κ1) is 15.4. The molecule has 0 unspecified atom stereocenters. The maximum Gasteiger partial charge on any atom is 0.304 e. The Labute approximate surface area is 123 Å². The van der Waals surface area contributed by atoms with E-state index in [1.54, 1.807) is 0 Å². The summed E-state index contributed by atoms with van der Waals surface area (Å²) >= 11 is 0.613. The van der Waals surface area contributed by atoms with Crippen LogP contribution in [0, 0.1) is 15.9 Å². The summed E-state index contributed by atoms with van der Waals surface area (Å²) in [5, 5.41) is 10.5. The van der Waals surface area contributed by atoms with Crippen molar-refractivity contribution in [3.05, 3.63) is 51.8 Å². The van der Waals surface area contributed by atoms with Crippen LogP contribution in [0.15, 0.2) is 34.5 Å². The van der Waals surface area contributed by atoms with Crippen LogP contribution >= 0.6 is 11.3 Å². The van der Waals surface area contributed by atoms with Gasteiger partial charge in [-0.1, -0.05) is 23.5 Å². The molecular weight excluding hydrogens is 321 g/mol. The van der Waals surface area contributed by atoms with Gasteiger partial charge in [0.1, 0.15) is 10.0 Å². The zero-order valence-electron chi connectivity index (χ0n) is 10.4. The van der Waals surface area contributed by atoms with E-state index in [1.165, 1.54) is 24.3 Å². The lowest BCUT2D eigenvalue weighted by Crippen LogP contribution is -2.22. The minimum Gasteiger partial charge on any atom is -0.385 e. The van der Waals surface area contributed by atoms with Crippen molar-refractivity contribution >= 4 is 32.0 Å². The lowest BCUT2D eigenvalue weighted by atomic mass is 10.2. The zero-order valence-corrected chi connectivity index (χ0v) is 12.1. The van der Waals surface area contributed by atoms with Crippen molar-refractivity contribution in [2.45, 2.75) is 10.8 Å². The molecule has 1 heterocycles. The monoisotopic (exact) mass is 331 g/mol. The molecule has 0 atom stereocenters. The second kappa shape index (κ2) is 5.76. The van der Waals surface area contributed by atoms with Crippen molar-refractivity contribution in [1.29, 1.82) is 0 Å². The van der Waals surface area contributed by atoms with Crippen LogP contribution < -0.4 is 10.5 Å². The molecule has 0 spiro atoms. The van der Waals surface area contributed by atoms with Gasteiger partial charge in [0, 0.05) is 12.6 Å². The third kappa shape index (κ3) is 3.54. The van der Waals surface area contributed by atoms with E-state index in [9.17, 15) is 22.9 Å². The molecule has 3 N–H and O–H groups in total. The molecule has 0 saturated heterocycles. The lowest BCUT2D eigenvalue weighted by Gasteiger charge is -2.04. The molecule has 1 aromatic carbocycles. The Morgan fingerprint density at radius 3 is 2.48 bits per heavy atom. The van der Waals surface area contributed by atoms with E-state index in [1.807, 2.05) is 0 Å². The van der Waals surface area contributed by atoms with Crippen LogP contribution in [0.2, 0.25) is 0 Å². The van der Waals surface area contributed by atoms with Crippen LogP contribution in [0.25, 0.3) is 0 Å². The predicted molar refractivity (Wildman–Crippen MR) is 75.8 cm³/mol. The fourth-order valence-corrected chi connectivity index (χ4v) is 3.78. The number of anilines is 1. The van der Waals surface area contributed by atoms with E-state index >= 15 is 0 Å². The smallest absolute Gasteiger partial charge is 0.304 e. The molecular formula is C11H10FN3O4S2. The highest BCUT2D eigenvalue weighted by molar-refractivity contribution is 7.91. The molecule has 2 aromatic rings. The van der Waals surface area contributed by atoms with Crippen molar-refractivity contribution in [3.8, 4) is 0 Å². The third-order valence-electron chi connectivity index (χ3n) is 2.56. The van der Waals surface area contributed by atoms with Gasteiger partial charge >= 0.3 is 5.69 Å². The predicted octanol–water partition coefficient (Wildman–Crippen LogP) is 1.86. The highest BCUT2D eigenvalue weighted by atomic mass is 32.2. The summed E-state index contributed by atoms with van der Waals surface area (Å²) in [6.45, 7) is -0.0613. The lowest BCUT2D eigenvalue weighted by molar-refractivity contribution is -0.383. The van der Waals surface area contributed by atoms with Crippen LogP contribution in [0.5, 0.6) is 0 Å². The van der Waals surface area contributed by atoms with E-state index in [-0.39, 0.29) is 15.8 Å². The van der Waals surface area contributed by atoms with Crippen LogP contribution in [-0.4, -0.2) is 13.3 Å². The molecule has 7 nitrogen and oxygen atoms in total. The number of rotatable bonds is 5. The Morgan fingerprint density at radius 1 is 1.33 bits per heavy atom. The molecule has 0 amide bonds. The number of nitrogens with two attached hydrogens (primary N) is 1. The van der Waals surface area contributed by atoms with E-state index < -0.39 is 26.5 Å². The van der Waals surface area contributed by atoms with E-state index in [4.69, 9.17) is 5.73 Å². The largest absolute Gasteiger partial charge is 0.385 e. The highest BCUT2D eigenvalue weighted by Crippen LogP contribution is 2.34. The number of halogens is 1. The molecule has 0 fully saturated rings. The quantitative estimate of drug-likeness (QED) is 0.641. The van der Waals surface area contributed by atoms with Gasteiger partial charge in [0.15, 0.2) is 5.00 Å². The van der Waals surface area contributed by atoms with Crippen molar-refractivity contribution in [2.24, 2.45) is 0 Å². The normalized spacial score (nSPS) is 11.5. The number of nitrogen functional groups attached to an aromatic ring is 1. The van der Waals surface area contributed by atoms with E-state index in [0.717, 1.165) is 6.07 Å². The number of hydrogen-bond acceptors (Lipinski definition) is 6. The molecule has 21 heavy (non-hydrogen) atoms. The molecule has 0 aliphatic carbocycles. The number of nitro groups is 1. The maximum atomic E-state index is 12.7. The molecule has 1 aromatic heterocycles. The standard InChI is InChI=1S/C11H10FN3O4S2/c12-8-3-1-7(2-4-8)6-14-21(18,19)10-5-9(15(16)17)11(13)20-10/h1-5,14H,6,13H2. The van der Waals surface area contributed by atoms with Gasteiger partial charge in [-0.3, -0.25) is 10.1 Å². The molecule has 112 valence electrons. The summed E-state index contributed by atoms with van der Waals surface area (Å²) in [7, 11) is -3.91. The van der Waals surface area contributed by atoms with Gasteiger partial charge in [0.25, 0.3) is 10.0 Å². The van der Waals surface area contributed by atoms with Gasteiger partial charge < -0.3 is 5.73 Å². The summed E-state index contributed by atoms with van der Waals surface area (Å²) in [5.41, 5.74) is 5.52. The summed E-state index contributed by atoms with van der Waals surface area (Å²) in [6.07, 6.45) is 0. The molecule has 0 aliphatic rings. The third-order valence-corrected chi connectivity index (χ3v) is 5.39. The number of sulfonamides is 1. The number of thiophene rings is 1. The van der Waals surface area contributed by atoms with Gasteiger partial charge in [-0.25, -0.2) is 17.5 Å². The Kier molecular flexibility index (Phi) is 4.21. The van der Waals surface area contributed by atoms with Crippen LogP contribution in [-0.2, 0) is 16.6 Å². The Bertz CT molecular complexity index is 771. The van der Waals surface area contributed by atoms with E-state index in [2.05, 4.69) is 4.72 Å². The molecule has 10 heteroatoms. The average molecular weight is 331 g/mol. The molecule has 0 bridgehead atoms. The van der Waals surface area contributed by atoms with Gasteiger partial charge in [-0.2, -0.15) is 0 Å². The van der Waals surface area contributed by atoms with Gasteiger partial charge in [0.05, 0.1) is 4.92 Å². The van der Waals surface area contributed by atoms with Crippen molar-refractivity contribution in [2.75, 3.05) is 5.73 Å². The van der Waals surface area contributed by atoms with Crippen molar-refractivity contribution < 1.29 is 17.7 Å². The Hall–Kier alpha value is -2.04. The maximum absolute atomic E-state index is 12.7. The Balaban J connectivity index is 2.17. The molecule has 0 aliphatic heterocycles. The summed E-state index contributed by atoms with van der Waals surface area (Å²) in [6, 6.07) is 6.19. The zero-order chi connectivity index (χ0) is 15.6. The highest BCUT2D eigenvalue weighted by Gasteiger charge is 2.24. The summed E-state index contributed by atoms with van der Waals surface area (Å²) in [5.74, 6) is -0.428. The number of nitrogens with zero attached hydrogens (tertiary/aromatic N) is 1. The van der Waals surface area contributed by atoms with Crippen LogP contribution in [0.4, 0.5) is 15.1 Å². The summed E-state index contributed by atoms with van der Waals surface area (Å²) in [4.78, 5) is 9.91. The second-order valence-electron chi connectivity index (χ2n) is 4.02. The number of hydrogen-bond donors (Lipinski definition) is 2. The van der Waals surface area contributed by atoms with Gasteiger partial charge in [-0.05, 0) is 17.7 Å². The first-order valence-electron chi connectivity index (χ1n) is 5.57. The first-order valence-corrected chi connectivity index (χ1v) is 7.87. The first-order chi connectivity index (χ1) is 9.79. The van der Waals surface area contributed by atoms with E-state index in [0.29, 0.717) is 16.9 Å². The number of benzene rings is 1. The fraction of sp³-hybridized carbons (Fsp3) is 0.0909. The van der Waals surface area contributed by atoms with Crippen molar-refractivity contribution in [3.63, 3.8) is 0 Å². The SMILES string of the molecule is Nc1sc(S(=O)(=O)NCc2ccc(F)cc2)cc1[N+](=O)[O-]. The number of nitrogens with one attached hydrogen (secondary N) is 1. The van der Waals surface area contributed by atoms with Gasteiger partial charge in [-0.15, -0.1) is 0 Å². The van der Waals surface area contributed by atoms with Crippen LogP contribution in [0.3, 0.4) is 0 Å². The molecule has 0 radical (unpaired) electrons. The van der Waals surface area contributed by atoms with Crippen LogP contribution in [0.1, 0.15) is 5.56 Å². The van der Waals surface area contributed by atoms with Crippen molar-refractivity contribution in [1.82, 2.24) is 4.72 Å². The summed E-state index contributed by atoms with van der Waals surface area (Å²) < 4.78 is 38.8. The second-order valence-corrected chi connectivity index (χ2v) is 7.10. The molecule has 2 rings (SSSR count). The average Bonchev–Trinajstić information content (AvgIpc) is 2.81. The minimum absolute atomic E-state index is 0.0613. The topological polar surface area (TPSA) is 115 Å². The Morgan fingerprint density at radius 2 is 1.95 bits per heavy atom. The minimum atomic E-state index is -3.91. The molecule has 0 saturated carbocycles. The fourth-order valence-electron chi connectivity index (χ4n) is 1.50. The van der Waals surface area contributed by atoms with Gasteiger partial charge in [0.2, 0.25) is 0 Å².